The Morgan fingerprint density at radius 2 is 1.70 bits per heavy atom. The van der Waals surface area contributed by atoms with E-state index in [1.54, 1.807) is 11.1 Å². The minimum absolute atomic E-state index is 0.688. The molecule has 2 fully saturated rings. The first-order chi connectivity index (χ1) is 13.4. The van der Waals surface area contributed by atoms with Gasteiger partial charge >= 0.3 is 0 Å². The SMILES string of the molecule is C(=C1\CN2c3ccccc3C[C@@H]2[C@H]1C[Si]c1ccccc1)/C1CCCCC1. The van der Waals surface area contributed by atoms with Crippen LogP contribution in [0.3, 0.4) is 0 Å². The van der Waals surface area contributed by atoms with Crippen molar-refractivity contribution in [1.29, 1.82) is 0 Å². The molecule has 0 aromatic heterocycles. The first-order valence-electron chi connectivity index (χ1n) is 10.7. The van der Waals surface area contributed by atoms with E-state index in [1.807, 2.05) is 0 Å². The van der Waals surface area contributed by atoms with E-state index in [2.05, 4.69) is 65.6 Å². The largest absolute Gasteiger partial charge is 0.363 e. The Morgan fingerprint density at radius 3 is 2.56 bits per heavy atom. The van der Waals surface area contributed by atoms with Crippen molar-refractivity contribution in [2.24, 2.45) is 11.8 Å². The topological polar surface area (TPSA) is 3.24 Å². The average Bonchev–Trinajstić information content (AvgIpc) is 3.24. The number of nitrogens with zero attached hydrogens (tertiary/aromatic N) is 1. The van der Waals surface area contributed by atoms with Crippen molar-refractivity contribution >= 4 is 20.4 Å². The monoisotopic (exact) mass is 371 g/mol. The van der Waals surface area contributed by atoms with E-state index >= 15 is 0 Å². The number of hydrogen-bond acceptors (Lipinski definition) is 1. The maximum atomic E-state index is 2.73. The zero-order chi connectivity index (χ0) is 18.1. The summed E-state index contributed by atoms with van der Waals surface area (Å²) in [6.07, 6.45) is 11.1. The minimum atomic E-state index is 0.688. The Balaban J connectivity index is 1.40. The number of allylic oxidation sites excluding steroid dienone is 1. The summed E-state index contributed by atoms with van der Waals surface area (Å²) < 4.78 is 0. The lowest BCUT2D eigenvalue weighted by Crippen LogP contribution is -2.30. The second-order valence-electron chi connectivity index (χ2n) is 8.52. The quantitative estimate of drug-likeness (QED) is 0.540. The van der Waals surface area contributed by atoms with E-state index in [-0.39, 0.29) is 0 Å². The van der Waals surface area contributed by atoms with Gasteiger partial charge in [0.1, 0.15) is 0 Å². The molecule has 0 spiro atoms. The molecular formula is C25H29NSi. The molecule has 2 aliphatic heterocycles. The number of fused-ring (bicyclic) bond motifs is 3. The maximum Gasteiger partial charge on any atom is 0.0814 e. The summed E-state index contributed by atoms with van der Waals surface area (Å²) in [6, 6.07) is 22.2. The molecule has 1 nitrogen and oxygen atoms in total. The van der Waals surface area contributed by atoms with Crippen molar-refractivity contribution < 1.29 is 0 Å². The normalized spacial score (nSPS) is 26.4. The van der Waals surface area contributed by atoms with Crippen LogP contribution in [0.2, 0.25) is 6.04 Å². The third kappa shape index (κ3) is 3.52. The molecule has 2 heterocycles. The lowest BCUT2D eigenvalue weighted by Gasteiger charge is -2.23. The third-order valence-electron chi connectivity index (χ3n) is 6.82. The summed E-state index contributed by atoms with van der Waals surface area (Å²) in [7, 11) is 0.922. The highest BCUT2D eigenvalue weighted by molar-refractivity contribution is 6.53. The van der Waals surface area contributed by atoms with Crippen molar-refractivity contribution in [3.8, 4) is 0 Å². The molecule has 2 atom stereocenters. The Kier molecular flexibility index (Phi) is 4.92. The van der Waals surface area contributed by atoms with Crippen molar-refractivity contribution in [2.75, 3.05) is 11.4 Å². The Bertz CT molecular complexity index is 806. The maximum absolute atomic E-state index is 2.73. The highest BCUT2D eigenvalue weighted by Gasteiger charge is 2.42. The first-order valence-corrected chi connectivity index (χ1v) is 11.9. The van der Waals surface area contributed by atoms with E-state index in [1.165, 1.54) is 62.0 Å². The molecule has 2 aromatic rings. The van der Waals surface area contributed by atoms with Crippen LogP contribution in [0.25, 0.3) is 0 Å². The Labute approximate surface area is 166 Å². The van der Waals surface area contributed by atoms with Gasteiger partial charge in [0.15, 0.2) is 0 Å². The van der Waals surface area contributed by atoms with Gasteiger partial charge in [0.25, 0.3) is 0 Å². The summed E-state index contributed by atoms with van der Waals surface area (Å²) in [6.45, 7) is 1.17. The van der Waals surface area contributed by atoms with Gasteiger partial charge in [0.05, 0.1) is 9.52 Å². The minimum Gasteiger partial charge on any atom is -0.363 e. The smallest absolute Gasteiger partial charge is 0.0814 e. The van der Waals surface area contributed by atoms with E-state index < -0.39 is 0 Å². The number of benzene rings is 2. The molecule has 0 bridgehead atoms. The van der Waals surface area contributed by atoms with Crippen LogP contribution in [0.4, 0.5) is 5.69 Å². The molecule has 0 unspecified atom stereocenters. The van der Waals surface area contributed by atoms with Crippen LogP contribution >= 0.6 is 0 Å². The van der Waals surface area contributed by atoms with Gasteiger partial charge < -0.3 is 4.90 Å². The molecule has 138 valence electrons. The number of para-hydroxylation sites is 1. The predicted octanol–water partition coefficient (Wildman–Crippen LogP) is 5.00. The van der Waals surface area contributed by atoms with E-state index in [9.17, 15) is 0 Å². The van der Waals surface area contributed by atoms with Gasteiger partial charge in [-0.2, -0.15) is 0 Å². The summed E-state index contributed by atoms with van der Waals surface area (Å²) >= 11 is 0. The molecule has 3 aliphatic rings. The summed E-state index contributed by atoms with van der Waals surface area (Å²) in [5.41, 5.74) is 4.82. The summed E-state index contributed by atoms with van der Waals surface area (Å²) in [5, 5.41) is 1.52. The molecule has 27 heavy (non-hydrogen) atoms. The number of anilines is 1. The number of rotatable bonds is 4. The van der Waals surface area contributed by atoms with Gasteiger partial charge in [-0.05, 0) is 54.3 Å². The molecular weight excluding hydrogens is 342 g/mol. The van der Waals surface area contributed by atoms with Crippen molar-refractivity contribution in [1.82, 2.24) is 0 Å². The molecule has 1 aliphatic carbocycles. The highest BCUT2D eigenvalue weighted by Crippen LogP contribution is 2.45. The lowest BCUT2D eigenvalue weighted by molar-refractivity contribution is 0.415. The predicted molar refractivity (Wildman–Crippen MR) is 116 cm³/mol. The molecule has 2 aromatic carbocycles. The van der Waals surface area contributed by atoms with Gasteiger partial charge in [-0.25, -0.2) is 0 Å². The van der Waals surface area contributed by atoms with Crippen LogP contribution in [0, 0.1) is 11.8 Å². The van der Waals surface area contributed by atoms with Crippen molar-refractivity contribution in [3.05, 3.63) is 71.8 Å². The van der Waals surface area contributed by atoms with Crippen molar-refractivity contribution in [2.45, 2.75) is 50.6 Å². The summed E-state index contributed by atoms with van der Waals surface area (Å²) in [4.78, 5) is 2.73. The van der Waals surface area contributed by atoms with Crippen molar-refractivity contribution in [3.63, 3.8) is 0 Å². The van der Waals surface area contributed by atoms with Crippen LogP contribution in [-0.4, -0.2) is 22.1 Å². The third-order valence-corrected chi connectivity index (χ3v) is 8.21. The van der Waals surface area contributed by atoms with Crippen LogP contribution in [0.5, 0.6) is 0 Å². The van der Waals surface area contributed by atoms with Crippen LogP contribution in [0.1, 0.15) is 37.7 Å². The second-order valence-corrected chi connectivity index (χ2v) is 9.86. The van der Waals surface area contributed by atoms with Gasteiger partial charge in [-0.3, -0.25) is 0 Å². The molecule has 0 N–H and O–H groups in total. The van der Waals surface area contributed by atoms with Gasteiger partial charge in [0, 0.05) is 18.3 Å². The first kappa shape index (κ1) is 17.3. The molecule has 2 heteroatoms. The zero-order valence-corrected chi connectivity index (χ0v) is 17.1. The van der Waals surface area contributed by atoms with Crippen LogP contribution in [-0.2, 0) is 6.42 Å². The molecule has 1 saturated carbocycles. The Morgan fingerprint density at radius 1 is 0.926 bits per heavy atom. The molecule has 0 amide bonds. The lowest BCUT2D eigenvalue weighted by atomic mass is 9.85. The van der Waals surface area contributed by atoms with Crippen LogP contribution in [0.15, 0.2) is 66.2 Å². The highest BCUT2D eigenvalue weighted by atomic mass is 28.2. The van der Waals surface area contributed by atoms with E-state index in [0.717, 1.165) is 21.4 Å². The second kappa shape index (κ2) is 7.67. The molecule has 2 radical (unpaired) electrons. The number of hydrogen-bond donors (Lipinski definition) is 0. The van der Waals surface area contributed by atoms with Gasteiger partial charge in [0.2, 0.25) is 0 Å². The van der Waals surface area contributed by atoms with E-state index in [0.29, 0.717) is 6.04 Å². The molecule has 5 rings (SSSR count). The zero-order valence-electron chi connectivity index (χ0n) is 16.1. The van der Waals surface area contributed by atoms with Gasteiger partial charge in [-0.1, -0.05) is 79.1 Å². The van der Waals surface area contributed by atoms with Gasteiger partial charge in [-0.15, -0.1) is 0 Å². The standard InChI is InChI=1S/C25H29NSi/c1-3-9-19(10-4-1)15-21-17-26-24-14-8-7-11-20(24)16-25(26)23(21)18-27-22-12-5-2-6-13-22/h2,5-8,11-15,19,23,25H,1,3-4,9-10,16-18H2/b21-15-/t23-,25+/m0/s1. The molecule has 1 saturated heterocycles. The van der Waals surface area contributed by atoms with Crippen LogP contribution < -0.4 is 10.1 Å². The fraction of sp³-hybridized carbons (Fsp3) is 0.440. The fourth-order valence-electron chi connectivity index (χ4n) is 5.43. The average molecular weight is 372 g/mol. The Hall–Kier alpha value is -1.80. The fourth-order valence-corrected chi connectivity index (χ4v) is 6.85. The van der Waals surface area contributed by atoms with E-state index in [4.69, 9.17) is 0 Å². The summed E-state index contributed by atoms with van der Waals surface area (Å²) in [5.74, 6) is 1.57.